The first-order valence-electron chi connectivity index (χ1n) is 9.24. The predicted molar refractivity (Wildman–Crippen MR) is 105 cm³/mol. The molecule has 0 spiro atoms. The fourth-order valence-corrected chi connectivity index (χ4v) is 4.12. The van der Waals surface area contributed by atoms with Gasteiger partial charge in [-0.15, -0.1) is 0 Å². The van der Waals surface area contributed by atoms with Gasteiger partial charge in [0.05, 0.1) is 30.8 Å². The molecule has 0 aliphatic carbocycles. The zero-order valence-electron chi connectivity index (χ0n) is 16.4. The van der Waals surface area contributed by atoms with Crippen LogP contribution in [0.25, 0.3) is 0 Å². The third kappa shape index (κ3) is 4.34. The summed E-state index contributed by atoms with van der Waals surface area (Å²) in [5, 5.41) is 9.24. The number of hydrogen-bond acceptors (Lipinski definition) is 4. The van der Waals surface area contributed by atoms with Crippen molar-refractivity contribution in [1.82, 2.24) is 4.90 Å². The molecule has 1 saturated heterocycles. The van der Waals surface area contributed by atoms with Gasteiger partial charge in [-0.05, 0) is 48.2 Å². The van der Waals surface area contributed by atoms with Gasteiger partial charge in [-0.3, -0.25) is 9.69 Å². The lowest BCUT2D eigenvalue weighted by Crippen LogP contribution is -2.39. The van der Waals surface area contributed by atoms with E-state index in [4.69, 9.17) is 21.1 Å². The molecule has 2 atom stereocenters. The number of carbonyl (C=O) groups is 1. The van der Waals surface area contributed by atoms with E-state index in [9.17, 15) is 23.1 Å². The molecule has 1 heterocycles. The highest BCUT2D eigenvalue weighted by molar-refractivity contribution is 6.31. The van der Waals surface area contributed by atoms with Gasteiger partial charge in [-0.1, -0.05) is 23.7 Å². The Morgan fingerprint density at radius 2 is 1.77 bits per heavy atom. The van der Waals surface area contributed by atoms with Crippen LogP contribution in [0.3, 0.4) is 0 Å². The van der Waals surface area contributed by atoms with E-state index in [0.29, 0.717) is 42.0 Å². The quantitative estimate of drug-likeness (QED) is 0.679. The standard InChI is InChI=1S/C21H21ClF3NO4/c1-29-17-8-6-13(11-18(17)30-2)19(26-9-3-4-16(26)20(27)28)12-5-7-15(22)14(10-12)21(23,24)25/h5-8,10-11,16,19H,3-4,9H2,1-2H3,(H,27,28). The minimum Gasteiger partial charge on any atom is -0.493 e. The maximum absolute atomic E-state index is 13.5. The minimum atomic E-state index is -4.63. The molecule has 3 rings (SSSR count). The Bertz CT molecular complexity index is 935. The molecule has 0 bridgehead atoms. The van der Waals surface area contributed by atoms with Crippen molar-refractivity contribution in [3.63, 3.8) is 0 Å². The Kier molecular flexibility index (Phi) is 6.47. The zero-order chi connectivity index (χ0) is 22.1. The number of ether oxygens (including phenoxy) is 2. The number of carboxylic acids is 1. The van der Waals surface area contributed by atoms with Crippen molar-refractivity contribution in [2.24, 2.45) is 0 Å². The molecule has 1 N–H and O–H groups in total. The molecule has 1 aliphatic heterocycles. The second-order valence-corrected chi connectivity index (χ2v) is 7.40. The Morgan fingerprint density at radius 1 is 1.13 bits per heavy atom. The second kappa shape index (κ2) is 8.73. The number of aliphatic carboxylic acids is 1. The Labute approximate surface area is 177 Å². The summed E-state index contributed by atoms with van der Waals surface area (Å²) < 4.78 is 51.0. The number of carboxylic acid groups (broad SMARTS) is 1. The fraction of sp³-hybridized carbons (Fsp3) is 0.381. The average Bonchev–Trinajstić information content (AvgIpc) is 3.18. The molecule has 0 saturated carbocycles. The predicted octanol–water partition coefficient (Wildman–Crippen LogP) is 5.01. The van der Waals surface area contributed by atoms with Crippen molar-refractivity contribution in [3.8, 4) is 11.5 Å². The first kappa shape index (κ1) is 22.2. The summed E-state index contributed by atoms with van der Waals surface area (Å²) in [5.74, 6) is -0.151. The molecule has 0 radical (unpaired) electrons. The first-order chi connectivity index (χ1) is 14.2. The molecule has 1 aliphatic rings. The number of halogens is 4. The minimum absolute atomic E-state index is 0.298. The van der Waals surface area contributed by atoms with Crippen LogP contribution in [0.15, 0.2) is 36.4 Å². The highest BCUT2D eigenvalue weighted by atomic mass is 35.5. The van der Waals surface area contributed by atoms with Gasteiger partial charge in [0.25, 0.3) is 0 Å². The van der Waals surface area contributed by atoms with Gasteiger partial charge in [-0.2, -0.15) is 13.2 Å². The second-order valence-electron chi connectivity index (χ2n) is 6.99. The maximum Gasteiger partial charge on any atom is 0.417 e. The van der Waals surface area contributed by atoms with Crippen LogP contribution in [0.4, 0.5) is 13.2 Å². The summed E-state index contributed by atoms with van der Waals surface area (Å²) in [6.45, 7) is 0.431. The van der Waals surface area contributed by atoms with Gasteiger partial charge in [0, 0.05) is 6.54 Å². The van der Waals surface area contributed by atoms with Crippen LogP contribution in [0.1, 0.15) is 35.6 Å². The normalized spacial score (nSPS) is 18.3. The number of methoxy groups -OCH3 is 2. The number of benzene rings is 2. The van der Waals surface area contributed by atoms with Crippen LogP contribution in [-0.4, -0.2) is 42.8 Å². The topological polar surface area (TPSA) is 59.0 Å². The highest BCUT2D eigenvalue weighted by Gasteiger charge is 2.39. The number of alkyl halides is 3. The van der Waals surface area contributed by atoms with Crippen molar-refractivity contribution >= 4 is 17.6 Å². The van der Waals surface area contributed by atoms with Crippen LogP contribution < -0.4 is 9.47 Å². The van der Waals surface area contributed by atoms with Crippen LogP contribution in [-0.2, 0) is 11.0 Å². The molecule has 0 aromatic heterocycles. The lowest BCUT2D eigenvalue weighted by atomic mass is 9.94. The van der Waals surface area contributed by atoms with E-state index in [0.717, 1.165) is 6.07 Å². The zero-order valence-corrected chi connectivity index (χ0v) is 17.1. The summed E-state index contributed by atoms with van der Waals surface area (Å²) in [7, 11) is 2.93. The number of nitrogens with zero attached hydrogens (tertiary/aromatic N) is 1. The van der Waals surface area contributed by atoms with E-state index in [1.165, 1.54) is 26.4 Å². The molecule has 2 unspecified atom stereocenters. The Hall–Kier alpha value is -2.45. The Balaban J connectivity index is 2.18. The van der Waals surface area contributed by atoms with Crippen LogP contribution >= 0.6 is 11.6 Å². The molecular formula is C21H21ClF3NO4. The third-order valence-corrected chi connectivity index (χ3v) is 5.58. The smallest absolute Gasteiger partial charge is 0.417 e. The van der Waals surface area contributed by atoms with E-state index < -0.39 is 34.8 Å². The largest absolute Gasteiger partial charge is 0.493 e. The van der Waals surface area contributed by atoms with Gasteiger partial charge in [0.2, 0.25) is 0 Å². The number of hydrogen-bond donors (Lipinski definition) is 1. The molecule has 1 fully saturated rings. The van der Waals surface area contributed by atoms with E-state index in [2.05, 4.69) is 0 Å². The summed E-state index contributed by atoms with van der Waals surface area (Å²) in [6, 6.07) is 7.14. The van der Waals surface area contributed by atoms with E-state index >= 15 is 0 Å². The molecule has 0 amide bonds. The van der Waals surface area contributed by atoms with Gasteiger partial charge in [-0.25, -0.2) is 0 Å². The van der Waals surface area contributed by atoms with E-state index in [-0.39, 0.29) is 0 Å². The summed E-state index contributed by atoms with van der Waals surface area (Å²) >= 11 is 5.79. The molecule has 2 aromatic carbocycles. The molecule has 30 heavy (non-hydrogen) atoms. The van der Waals surface area contributed by atoms with Crippen LogP contribution in [0, 0.1) is 0 Å². The molecule has 2 aromatic rings. The molecule has 5 nitrogen and oxygen atoms in total. The molecule has 9 heteroatoms. The summed E-state index contributed by atoms with van der Waals surface area (Å²) in [5.41, 5.74) is -0.0680. The van der Waals surface area contributed by atoms with Crippen LogP contribution in [0.5, 0.6) is 11.5 Å². The fourth-order valence-electron chi connectivity index (χ4n) is 3.89. The van der Waals surface area contributed by atoms with Gasteiger partial charge >= 0.3 is 12.1 Å². The van der Waals surface area contributed by atoms with Gasteiger partial charge < -0.3 is 14.6 Å². The summed E-state index contributed by atoms with van der Waals surface area (Å²) in [6.07, 6.45) is -3.59. The molecular weight excluding hydrogens is 423 g/mol. The summed E-state index contributed by atoms with van der Waals surface area (Å²) in [4.78, 5) is 13.5. The van der Waals surface area contributed by atoms with Crippen LogP contribution in [0.2, 0.25) is 5.02 Å². The van der Waals surface area contributed by atoms with Gasteiger partial charge in [0.1, 0.15) is 6.04 Å². The number of likely N-dealkylation sites (tertiary alicyclic amines) is 1. The number of rotatable bonds is 6. The lowest BCUT2D eigenvalue weighted by Gasteiger charge is -2.32. The van der Waals surface area contributed by atoms with Crippen molar-refractivity contribution < 1.29 is 32.5 Å². The van der Waals surface area contributed by atoms with Crippen molar-refractivity contribution in [2.45, 2.75) is 31.1 Å². The van der Waals surface area contributed by atoms with E-state index in [1.54, 1.807) is 23.1 Å². The van der Waals surface area contributed by atoms with E-state index in [1.807, 2.05) is 0 Å². The van der Waals surface area contributed by atoms with Crippen molar-refractivity contribution in [3.05, 3.63) is 58.1 Å². The Morgan fingerprint density at radius 3 is 2.37 bits per heavy atom. The SMILES string of the molecule is COc1ccc(C(c2ccc(Cl)c(C(F)(F)F)c2)N2CCCC2C(=O)O)cc1OC. The highest BCUT2D eigenvalue weighted by Crippen LogP contribution is 2.42. The lowest BCUT2D eigenvalue weighted by molar-refractivity contribution is -0.143. The maximum atomic E-state index is 13.5. The molecule has 162 valence electrons. The monoisotopic (exact) mass is 443 g/mol. The van der Waals surface area contributed by atoms with Gasteiger partial charge in [0.15, 0.2) is 11.5 Å². The third-order valence-electron chi connectivity index (χ3n) is 5.25. The van der Waals surface area contributed by atoms with Crippen molar-refractivity contribution in [1.29, 1.82) is 0 Å². The van der Waals surface area contributed by atoms with Crippen molar-refractivity contribution in [2.75, 3.05) is 20.8 Å². The average molecular weight is 444 g/mol. The first-order valence-corrected chi connectivity index (χ1v) is 9.62.